The Morgan fingerprint density at radius 2 is 2.00 bits per heavy atom. The highest BCUT2D eigenvalue weighted by atomic mass is 32.1. The highest BCUT2D eigenvalue weighted by Gasteiger charge is 2.04. The van der Waals surface area contributed by atoms with Gasteiger partial charge in [0.15, 0.2) is 0 Å². The van der Waals surface area contributed by atoms with E-state index in [1.165, 1.54) is 17.7 Å². The molecular formula is C13H14FNS. The van der Waals surface area contributed by atoms with E-state index in [1.807, 2.05) is 12.1 Å². The fourth-order valence-corrected chi connectivity index (χ4v) is 2.20. The van der Waals surface area contributed by atoms with Crippen LogP contribution < -0.4 is 5.32 Å². The summed E-state index contributed by atoms with van der Waals surface area (Å²) in [5.41, 5.74) is 2.40. The molecule has 0 aliphatic carbocycles. The summed E-state index contributed by atoms with van der Waals surface area (Å²) in [4.78, 5) is 0. The molecule has 1 N–H and O–H groups in total. The number of hydrogen-bond acceptors (Lipinski definition) is 2. The molecule has 0 aliphatic rings. The third-order valence-corrected chi connectivity index (χ3v) is 3.29. The van der Waals surface area contributed by atoms with Crippen LogP contribution in [0.1, 0.15) is 24.1 Å². The first-order valence-electron chi connectivity index (χ1n) is 5.25. The number of benzene rings is 1. The molecule has 2 aromatic rings. The van der Waals surface area contributed by atoms with Crippen molar-refractivity contribution in [3.63, 3.8) is 0 Å². The molecule has 0 saturated carbocycles. The highest BCUT2D eigenvalue weighted by molar-refractivity contribution is 7.07. The van der Waals surface area contributed by atoms with E-state index in [-0.39, 0.29) is 11.9 Å². The lowest BCUT2D eigenvalue weighted by atomic mass is 10.1. The summed E-state index contributed by atoms with van der Waals surface area (Å²) in [6, 6.07) is 8.98. The number of hydrogen-bond donors (Lipinski definition) is 1. The fraction of sp³-hybridized carbons (Fsp3) is 0.231. The summed E-state index contributed by atoms with van der Waals surface area (Å²) >= 11 is 1.70. The molecule has 3 heteroatoms. The van der Waals surface area contributed by atoms with Gasteiger partial charge in [-0.15, -0.1) is 0 Å². The molecule has 1 atom stereocenters. The molecule has 1 heterocycles. The van der Waals surface area contributed by atoms with Crippen molar-refractivity contribution in [3.8, 4) is 0 Å². The van der Waals surface area contributed by atoms with Gasteiger partial charge in [0.2, 0.25) is 0 Å². The van der Waals surface area contributed by atoms with Crippen LogP contribution >= 0.6 is 11.3 Å². The Kier molecular flexibility index (Phi) is 3.70. The van der Waals surface area contributed by atoms with Crippen LogP contribution in [0.25, 0.3) is 0 Å². The predicted octanol–water partition coefficient (Wildman–Crippen LogP) is 3.74. The van der Waals surface area contributed by atoms with Crippen molar-refractivity contribution < 1.29 is 4.39 Å². The maximum absolute atomic E-state index is 12.7. The molecule has 0 bridgehead atoms. The van der Waals surface area contributed by atoms with E-state index in [0.717, 1.165) is 12.1 Å². The quantitative estimate of drug-likeness (QED) is 0.851. The van der Waals surface area contributed by atoms with Crippen LogP contribution in [0.2, 0.25) is 0 Å². The molecule has 1 nitrogen and oxygen atoms in total. The standard InChI is InChI=1S/C13H14FNS/c1-10(12-2-4-13(14)5-3-12)15-8-11-6-7-16-9-11/h2-7,9-10,15H,8H2,1H3/t10-/m0/s1. The van der Waals surface area contributed by atoms with Gasteiger partial charge in [-0.2, -0.15) is 11.3 Å². The smallest absolute Gasteiger partial charge is 0.123 e. The number of thiophene rings is 1. The van der Waals surface area contributed by atoms with E-state index < -0.39 is 0 Å². The molecular weight excluding hydrogens is 221 g/mol. The van der Waals surface area contributed by atoms with Gasteiger partial charge in [-0.25, -0.2) is 4.39 Å². The summed E-state index contributed by atoms with van der Waals surface area (Å²) in [6.45, 7) is 2.93. The van der Waals surface area contributed by atoms with Gasteiger partial charge < -0.3 is 5.32 Å². The second-order valence-corrected chi connectivity index (χ2v) is 4.57. The lowest BCUT2D eigenvalue weighted by molar-refractivity contribution is 0.572. The van der Waals surface area contributed by atoms with Gasteiger partial charge in [-0.05, 0) is 47.0 Å². The Balaban J connectivity index is 1.93. The number of nitrogens with one attached hydrogen (secondary N) is 1. The molecule has 16 heavy (non-hydrogen) atoms. The maximum Gasteiger partial charge on any atom is 0.123 e. The van der Waals surface area contributed by atoms with Gasteiger partial charge >= 0.3 is 0 Å². The molecule has 0 fully saturated rings. The molecule has 1 aromatic heterocycles. The van der Waals surface area contributed by atoms with Crippen molar-refractivity contribution in [2.24, 2.45) is 0 Å². The van der Waals surface area contributed by atoms with E-state index in [1.54, 1.807) is 11.3 Å². The maximum atomic E-state index is 12.7. The van der Waals surface area contributed by atoms with Crippen molar-refractivity contribution in [1.82, 2.24) is 5.32 Å². The second kappa shape index (κ2) is 5.23. The van der Waals surface area contributed by atoms with Crippen molar-refractivity contribution in [1.29, 1.82) is 0 Å². The Hall–Kier alpha value is -1.19. The van der Waals surface area contributed by atoms with Gasteiger partial charge in [-0.1, -0.05) is 12.1 Å². The molecule has 1 aromatic carbocycles. The summed E-state index contributed by atoms with van der Waals surface area (Å²) < 4.78 is 12.7. The summed E-state index contributed by atoms with van der Waals surface area (Å²) in [7, 11) is 0. The van der Waals surface area contributed by atoms with Crippen LogP contribution in [0.5, 0.6) is 0 Å². The molecule has 84 valence electrons. The lowest BCUT2D eigenvalue weighted by Gasteiger charge is -2.13. The van der Waals surface area contributed by atoms with Crippen molar-refractivity contribution in [2.75, 3.05) is 0 Å². The van der Waals surface area contributed by atoms with E-state index in [0.29, 0.717) is 0 Å². The zero-order chi connectivity index (χ0) is 11.4. The van der Waals surface area contributed by atoms with Crippen LogP contribution in [0, 0.1) is 5.82 Å². The molecule has 0 aliphatic heterocycles. The third kappa shape index (κ3) is 2.90. The minimum atomic E-state index is -0.186. The SMILES string of the molecule is C[C@H](NCc1ccsc1)c1ccc(F)cc1. The first-order chi connectivity index (χ1) is 7.75. The van der Waals surface area contributed by atoms with Gasteiger partial charge in [0, 0.05) is 12.6 Å². The van der Waals surface area contributed by atoms with Crippen LogP contribution in [0.4, 0.5) is 4.39 Å². The summed E-state index contributed by atoms with van der Waals surface area (Å²) in [5, 5.41) is 7.60. The molecule has 0 spiro atoms. The van der Waals surface area contributed by atoms with Crippen LogP contribution in [0.3, 0.4) is 0 Å². The minimum Gasteiger partial charge on any atom is -0.306 e. The largest absolute Gasteiger partial charge is 0.306 e. The topological polar surface area (TPSA) is 12.0 Å². The van der Waals surface area contributed by atoms with E-state index in [9.17, 15) is 4.39 Å². The lowest BCUT2D eigenvalue weighted by Crippen LogP contribution is -2.17. The zero-order valence-electron chi connectivity index (χ0n) is 9.11. The van der Waals surface area contributed by atoms with Gasteiger partial charge in [0.25, 0.3) is 0 Å². The van der Waals surface area contributed by atoms with E-state index in [4.69, 9.17) is 0 Å². The van der Waals surface area contributed by atoms with E-state index in [2.05, 4.69) is 29.1 Å². The van der Waals surface area contributed by atoms with Gasteiger partial charge in [0.1, 0.15) is 5.82 Å². The fourth-order valence-electron chi connectivity index (χ4n) is 1.53. The summed E-state index contributed by atoms with van der Waals surface area (Å²) in [5.74, 6) is -0.186. The average molecular weight is 235 g/mol. The minimum absolute atomic E-state index is 0.186. The Morgan fingerprint density at radius 1 is 1.25 bits per heavy atom. The van der Waals surface area contributed by atoms with Crippen molar-refractivity contribution >= 4 is 11.3 Å². The van der Waals surface area contributed by atoms with Gasteiger partial charge in [-0.3, -0.25) is 0 Å². The Bertz CT molecular complexity index is 422. The van der Waals surface area contributed by atoms with Crippen molar-refractivity contribution in [2.45, 2.75) is 19.5 Å². The molecule has 0 radical (unpaired) electrons. The van der Waals surface area contributed by atoms with Crippen LogP contribution in [-0.4, -0.2) is 0 Å². The molecule has 0 amide bonds. The first-order valence-corrected chi connectivity index (χ1v) is 6.20. The zero-order valence-corrected chi connectivity index (χ0v) is 9.93. The first kappa shape index (κ1) is 11.3. The van der Waals surface area contributed by atoms with Crippen LogP contribution in [-0.2, 0) is 6.54 Å². The van der Waals surface area contributed by atoms with E-state index >= 15 is 0 Å². The third-order valence-electron chi connectivity index (χ3n) is 2.56. The van der Waals surface area contributed by atoms with Gasteiger partial charge in [0.05, 0.1) is 0 Å². The second-order valence-electron chi connectivity index (χ2n) is 3.79. The number of rotatable bonds is 4. The average Bonchev–Trinajstić information content (AvgIpc) is 2.80. The number of halogens is 1. The predicted molar refractivity (Wildman–Crippen MR) is 66.0 cm³/mol. The normalized spacial score (nSPS) is 12.6. The van der Waals surface area contributed by atoms with Crippen molar-refractivity contribution in [3.05, 3.63) is 58.0 Å². The molecule has 0 saturated heterocycles. The molecule has 2 rings (SSSR count). The Labute approximate surface area is 98.9 Å². The highest BCUT2D eigenvalue weighted by Crippen LogP contribution is 2.14. The van der Waals surface area contributed by atoms with Crippen LogP contribution in [0.15, 0.2) is 41.1 Å². The monoisotopic (exact) mass is 235 g/mol. The summed E-state index contributed by atoms with van der Waals surface area (Å²) in [6.07, 6.45) is 0. The Morgan fingerprint density at radius 3 is 2.62 bits per heavy atom. The molecule has 0 unspecified atom stereocenters.